The van der Waals surface area contributed by atoms with Crippen LogP contribution < -0.4 is 4.90 Å². The molecule has 0 unspecified atom stereocenters. The summed E-state index contributed by atoms with van der Waals surface area (Å²) >= 11 is 9.24. The van der Waals surface area contributed by atoms with Gasteiger partial charge < -0.3 is 4.57 Å². The van der Waals surface area contributed by atoms with E-state index in [9.17, 15) is 4.79 Å². The summed E-state index contributed by atoms with van der Waals surface area (Å²) in [6.45, 7) is 0. The van der Waals surface area contributed by atoms with Gasteiger partial charge in [0.15, 0.2) is 11.0 Å². The third kappa shape index (κ3) is 3.82. The first kappa shape index (κ1) is 20.1. The number of thioether (sulfide) groups is 1. The molecule has 0 bridgehead atoms. The van der Waals surface area contributed by atoms with Gasteiger partial charge in [-0.3, -0.25) is 14.7 Å². The molecule has 3 heterocycles. The van der Waals surface area contributed by atoms with Crippen LogP contribution in [0.2, 0.25) is 5.02 Å². The fourth-order valence-electron chi connectivity index (χ4n) is 3.37. The molecule has 0 N–H and O–H groups in total. The number of anilines is 2. The Labute approximate surface area is 192 Å². The van der Waals surface area contributed by atoms with Crippen molar-refractivity contribution in [1.82, 2.24) is 19.7 Å². The molecular weight excluding hydrogens is 450 g/mol. The number of aromatic nitrogens is 4. The van der Waals surface area contributed by atoms with Crippen molar-refractivity contribution in [3.05, 3.63) is 72.0 Å². The van der Waals surface area contributed by atoms with Gasteiger partial charge in [0.25, 0.3) is 0 Å². The molecule has 0 spiro atoms. The molecule has 0 fully saturated rings. The van der Waals surface area contributed by atoms with Gasteiger partial charge in [0, 0.05) is 39.8 Å². The van der Waals surface area contributed by atoms with E-state index in [1.54, 1.807) is 29.1 Å². The van der Waals surface area contributed by atoms with Crippen molar-refractivity contribution < 1.29 is 4.79 Å². The predicted octanol–water partition coefficient (Wildman–Crippen LogP) is 5.45. The number of nitrogens with zero attached hydrogens (tertiary/aromatic N) is 5. The number of hydrogen-bond acceptors (Lipinski definition) is 6. The molecule has 2 aromatic heterocycles. The zero-order valence-corrected chi connectivity index (χ0v) is 18.8. The summed E-state index contributed by atoms with van der Waals surface area (Å²) in [5.74, 6) is 0.872. The number of pyridine rings is 1. The second kappa shape index (κ2) is 8.37. The van der Waals surface area contributed by atoms with E-state index in [1.165, 1.54) is 11.8 Å². The highest BCUT2D eigenvalue weighted by Crippen LogP contribution is 2.49. The second-order valence-corrected chi connectivity index (χ2v) is 9.27. The number of hydrogen-bond donors (Lipinski definition) is 0. The number of fused-ring (bicyclic) bond motifs is 2. The molecule has 1 aliphatic rings. The summed E-state index contributed by atoms with van der Waals surface area (Å²) in [6, 6.07) is 17.3. The summed E-state index contributed by atoms with van der Waals surface area (Å²) in [6.07, 6.45) is 3.46. The van der Waals surface area contributed by atoms with E-state index >= 15 is 0 Å². The van der Waals surface area contributed by atoms with Gasteiger partial charge >= 0.3 is 0 Å². The highest BCUT2D eigenvalue weighted by Gasteiger charge is 2.28. The molecule has 0 atom stereocenters. The lowest BCUT2D eigenvalue weighted by Gasteiger charge is -2.31. The Hall–Kier alpha value is -2.81. The average molecular weight is 466 g/mol. The lowest BCUT2D eigenvalue weighted by atomic mass is 10.2. The Bertz CT molecular complexity index is 1280. The topological polar surface area (TPSA) is 63.9 Å². The maximum Gasteiger partial charge on any atom is 0.242 e. The van der Waals surface area contributed by atoms with Crippen LogP contribution >= 0.6 is 35.1 Å². The maximum absolute atomic E-state index is 13.4. The van der Waals surface area contributed by atoms with Crippen molar-refractivity contribution in [3.8, 4) is 11.4 Å². The molecule has 1 aliphatic heterocycles. The highest BCUT2D eigenvalue weighted by molar-refractivity contribution is 8.00. The number of benzene rings is 2. The number of amides is 1. The first-order valence-electron chi connectivity index (χ1n) is 9.44. The molecule has 0 aliphatic carbocycles. The van der Waals surface area contributed by atoms with Crippen LogP contribution in [0.3, 0.4) is 0 Å². The highest BCUT2D eigenvalue weighted by atomic mass is 35.5. The fraction of sp³-hybridized carbons (Fsp3) is 0.0909. The lowest BCUT2D eigenvalue weighted by molar-refractivity contribution is -0.115. The lowest BCUT2D eigenvalue weighted by Crippen LogP contribution is -2.30. The van der Waals surface area contributed by atoms with Gasteiger partial charge in [-0.2, -0.15) is 0 Å². The smallest absolute Gasteiger partial charge is 0.242 e. The van der Waals surface area contributed by atoms with Gasteiger partial charge in [-0.25, -0.2) is 0 Å². The minimum Gasteiger partial charge on any atom is -0.305 e. The summed E-state index contributed by atoms with van der Waals surface area (Å²) in [7, 11) is 1.89. The number of rotatable bonds is 4. The molecule has 0 saturated heterocycles. The van der Waals surface area contributed by atoms with Crippen molar-refractivity contribution in [2.24, 2.45) is 7.05 Å². The molecule has 1 amide bonds. The minimum absolute atomic E-state index is 0.0489. The molecule has 6 nitrogen and oxygen atoms in total. The maximum atomic E-state index is 13.4. The number of carbonyl (C=O) groups is 1. The third-order valence-electron chi connectivity index (χ3n) is 4.82. The quantitative estimate of drug-likeness (QED) is 0.373. The van der Waals surface area contributed by atoms with E-state index in [0.717, 1.165) is 26.7 Å². The van der Waals surface area contributed by atoms with Crippen molar-refractivity contribution in [3.63, 3.8) is 0 Å². The largest absolute Gasteiger partial charge is 0.305 e. The normalized spacial score (nSPS) is 12.4. The van der Waals surface area contributed by atoms with Crippen LogP contribution in [-0.4, -0.2) is 31.4 Å². The first-order valence-corrected chi connectivity index (χ1v) is 11.6. The van der Waals surface area contributed by atoms with Crippen LogP contribution in [0, 0.1) is 0 Å². The summed E-state index contributed by atoms with van der Waals surface area (Å²) in [5, 5.41) is 9.79. The van der Waals surface area contributed by atoms with E-state index in [0.29, 0.717) is 16.0 Å². The minimum atomic E-state index is -0.0489. The molecular formula is C22H16ClN5OS2. The van der Waals surface area contributed by atoms with E-state index in [2.05, 4.69) is 15.2 Å². The molecule has 154 valence electrons. The molecule has 0 saturated carbocycles. The SMILES string of the molecule is Cn1c(SCC(=O)N2c3ccccc3Sc3ccc(Cl)cc32)nnc1-c1cccnc1. The van der Waals surface area contributed by atoms with Gasteiger partial charge in [0.1, 0.15) is 0 Å². The van der Waals surface area contributed by atoms with Crippen molar-refractivity contribution >= 4 is 52.4 Å². The monoisotopic (exact) mass is 465 g/mol. The Morgan fingerprint density at radius 3 is 2.74 bits per heavy atom. The standard InChI is InChI=1S/C22H16ClN5OS2/c1-27-21(14-5-4-10-24-12-14)25-26-22(27)30-13-20(29)28-16-6-2-3-7-18(16)31-19-9-8-15(23)11-17(19)28/h2-12H,13H2,1H3. The number of para-hydroxylation sites is 1. The van der Waals surface area contributed by atoms with Crippen molar-refractivity contribution in [1.29, 1.82) is 0 Å². The third-order valence-corrected chi connectivity index (χ3v) is 7.19. The van der Waals surface area contributed by atoms with E-state index in [1.807, 2.05) is 66.2 Å². The second-order valence-electron chi connectivity index (χ2n) is 6.81. The molecule has 31 heavy (non-hydrogen) atoms. The van der Waals surface area contributed by atoms with E-state index in [-0.39, 0.29) is 11.7 Å². The Morgan fingerprint density at radius 1 is 1.06 bits per heavy atom. The van der Waals surface area contributed by atoms with Crippen LogP contribution in [-0.2, 0) is 11.8 Å². The molecule has 5 rings (SSSR count). The predicted molar refractivity (Wildman–Crippen MR) is 124 cm³/mol. The van der Waals surface area contributed by atoms with Gasteiger partial charge in [-0.05, 0) is 42.5 Å². The summed E-state index contributed by atoms with van der Waals surface area (Å²) in [5.41, 5.74) is 2.54. The Balaban J connectivity index is 1.42. The van der Waals surface area contributed by atoms with Crippen molar-refractivity contribution in [2.75, 3.05) is 10.7 Å². The van der Waals surface area contributed by atoms with Crippen LogP contribution in [0.25, 0.3) is 11.4 Å². The average Bonchev–Trinajstić information content (AvgIpc) is 3.16. The van der Waals surface area contributed by atoms with E-state index in [4.69, 9.17) is 11.6 Å². The van der Waals surface area contributed by atoms with Gasteiger partial charge in [0.05, 0.1) is 17.1 Å². The summed E-state index contributed by atoms with van der Waals surface area (Å²) < 4.78 is 1.87. The van der Waals surface area contributed by atoms with Crippen LogP contribution in [0.5, 0.6) is 0 Å². The first-order chi connectivity index (χ1) is 15.1. The fourth-order valence-corrected chi connectivity index (χ4v) is 5.34. The van der Waals surface area contributed by atoms with Crippen LogP contribution in [0.15, 0.2) is 81.9 Å². The number of halogens is 1. The van der Waals surface area contributed by atoms with Gasteiger partial charge in [0.2, 0.25) is 5.91 Å². The Kier molecular flexibility index (Phi) is 5.43. The van der Waals surface area contributed by atoms with Crippen LogP contribution in [0.4, 0.5) is 11.4 Å². The number of carbonyl (C=O) groups excluding carboxylic acids is 1. The molecule has 0 radical (unpaired) electrons. The molecule has 9 heteroatoms. The zero-order valence-electron chi connectivity index (χ0n) is 16.4. The van der Waals surface area contributed by atoms with Crippen molar-refractivity contribution in [2.45, 2.75) is 14.9 Å². The van der Waals surface area contributed by atoms with Gasteiger partial charge in [-0.15, -0.1) is 10.2 Å². The van der Waals surface area contributed by atoms with Crippen LogP contribution in [0.1, 0.15) is 0 Å². The zero-order chi connectivity index (χ0) is 21.4. The molecule has 2 aromatic carbocycles. The Morgan fingerprint density at radius 2 is 1.90 bits per heavy atom. The van der Waals surface area contributed by atoms with E-state index < -0.39 is 0 Å². The van der Waals surface area contributed by atoms with Gasteiger partial charge in [-0.1, -0.05) is 47.3 Å². The molecule has 4 aromatic rings. The summed E-state index contributed by atoms with van der Waals surface area (Å²) in [4.78, 5) is 21.3.